The van der Waals surface area contributed by atoms with E-state index in [9.17, 15) is 13.2 Å². The minimum Gasteiger partial charge on any atom is -0.464 e. The average Bonchev–Trinajstić information content (AvgIpc) is 2.67. The summed E-state index contributed by atoms with van der Waals surface area (Å²) < 4.78 is 44.0. The second-order valence-corrected chi connectivity index (χ2v) is 5.61. The highest BCUT2D eigenvalue weighted by atomic mass is 19.4. The van der Waals surface area contributed by atoms with Crippen molar-refractivity contribution in [1.29, 1.82) is 0 Å². The monoisotopic (exact) mass is 390 g/mol. The largest absolute Gasteiger partial charge is 0.464 e. The number of aromatic nitrogens is 4. The number of pyridine rings is 1. The van der Waals surface area contributed by atoms with Gasteiger partial charge in [-0.25, -0.2) is 0 Å². The molecule has 2 heterocycles. The molecule has 2 N–H and O–H groups in total. The van der Waals surface area contributed by atoms with Gasteiger partial charge in [0.2, 0.25) is 11.9 Å². The van der Waals surface area contributed by atoms with E-state index in [0.29, 0.717) is 13.2 Å². The summed E-state index contributed by atoms with van der Waals surface area (Å²) in [6.45, 7) is 2.53. The van der Waals surface area contributed by atoms with Gasteiger partial charge in [-0.05, 0) is 42.8 Å². The van der Waals surface area contributed by atoms with Crippen LogP contribution < -0.4 is 15.4 Å². The molecule has 3 rings (SSSR count). The summed E-state index contributed by atoms with van der Waals surface area (Å²) in [5, 5.41) is 5.79. The molecule has 0 bridgehead atoms. The van der Waals surface area contributed by atoms with Crippen molar-refractivity contribution in [2.45, 2.75) is 19.6 Å². The van der Waals surface area contributed by atoms with E-state index in [1.807, 2.05) is 12.1 Å². The van der Waals surface area contributed by atoms with Gasteiger partial charge in [0, 0.05) is 24.6 Å². The Morgan fingerprint density at radius 2 is 1.75 bits per heavy atom. The Kier molecular flexibility index (Phi) is 5.87. The maximum Gasteiger partial charge on any atom is 0.416 e. The van der Waals surface area contributed by atoms with E-state index in [1.54, 1.807) is 19.3 Å². The van der Waals surface area contributed by atoms with Crippen molar-refractivity contribution in [2.24, 2.45) is 0 Å². The van der Waals surface area contributed by atoms with E-state index < -0.39 is 11.7 Å². The molecule has 0 aliphatic carbocycles. The van der Waals surface area contributed by atoms with Crippen molar-refractivity contribution < 1.29 is 17.9 Å². The van der Waals surface area contributed by atoms with Gasteiger partial charge in [-0.15, -0.1) is 0 Å². The highest BCUT2D eigenvalue weighted by Crippen LogP contribution is 2.31. The smallest absolute Gasteiger partial charge is 0.416 e. The molecule has 0 saturated carbocycles. The zero-order chi connectivity index (χ0) is 20.0. The lowest BCUT2D eigenvalue weighted by atomic mass is 10.2. The molecule has 0 atom stereocenters. The van der Waals surface area contributed by atoms with Crippen molar-refractivity contribution in [3.8, 4) is 6.01 Å². The number of nitrogens with one attached hydrogen (secondary N) is 2. The fraction of sp³-hybridized carbons (Fsp3) is 0.222. The summed E-state index contributed by atoms with van der Waals surface area (Å²) in [5.74, 6) is 0.291. The Hall–Kier alpha value is -3.43. The van der Waals surface area contributed by atoms with Crippen LogP contribution >= 0.6 is 0 Å². The van der Waals surface area contributed by atoms with Gasteiger partial charge in [0.1, 0.15) is 0 Å². The molecule has 0 spiro atoms. The number of anilines is 3. The van der Waals surface area contributed by atoms with Crippen LogP contribution in [-0.2, 0) is 12.7 Å². The Balaban J connectivity index is 1.81. The van der Waals surface area contributed by atoms with Crippen LogP contribution in [0.5, 0.6) is 6.01 Å². The molecule has 0 aliphatic heterocycles. The van der Waals surface area contributed by atoms with Gasteiger partial charge in [-0.1, -0.05) is 6.07 Å². The maximum atomic E-state index is 12.9. The number of halogens is 3. The zero-order valence-electron chi connectivity index (χ0n) is 14.9. The standard InChI is InChI=1S/C18H17F3N6O/c1-2-28-17-26-15(23-11-12-6-8-22-9-7-12)25-16(27-17)24-14-5-3-4-13(10-14)18(19,20)21/h3-10H,2,11H2,1H3,(H2,23,24,25,26,27). The van der Waals surface area contributed by atoms with E-state index in [2.05, 4.69) is 30.6 Å². The molecule has 1 aromatic carbocycles. The first kappa shape index (κ1) is 19.3. The first-order valence-corrected chi connectivity index (χ1v) is 8.40. The maximum absolute atomic E-state index is 12.9. The van der Waals surface area contributed by atoms with Crippen LogP contribution in [0.1, 0.15) is 18.1 Å². The first-order valence-electron chi connectivity index (χ1n) is 8.40. The normalized spacial score (nSPS) is 11.1. The lowest BCUT2D eigenvalue weighted by Crippen LogP contribution is -2.10. The quantitative estimate of drug-likeness (QED) is 0.630. The average molecular weight is 390 g/mol. The van der Waals surface area contributed by atoms with Crippen LogP contribution in [0.3, 0.4) is 0 Å². The number of ether oxygens (including phenoxy) is 1. The summed E-state index contributed by atoms with van der Waals surface area (Å²) in [7, 11) is 0. The van der Waals surface area contributed by atoms with Crippen molar-refractivity contribution in [2.75, 3.05) is 17.2 Å². The molecule has 0 saturated heterocycles. The number of hydrogen-bond donors (Lipinski definition) is 2. The Labute approximate surface area is 159 Å². The zero-order valence-corrected chi connectivity index (χ0v) is 14.9. The molecule has 0 amide bonds. The molecular weight excluding hydrogens is 373 g/mol. The van der Waals surface area contributed by atoms with Crippen LogP contribution in [0, 0.1) is 0 Å². The number of benzene rings is 1. The van der Waals surface area contributed by atoms with Crippen molar-refractivity contribution >= 4 is 17.6 Å². The number of rotatable bonds is 7. The van der Waals surface area contributed by atoms with Crippen LogP contribution in [0.4, 0.5) is 30.8 Å². The van der Waals surface area contributed by atoms with Gasteiger partial charge in [0.05, 0.1) is 12.2 Å². The molecule has 0 radical (unpaired) electrons. The fourth-order valence-corrected chi connectivity index (χ4v) is 2.27. The third kappa shape index (κ3) is 5.29. The third-order valence-electron chi connectivity index (χ3n) is 3.53. The predicted octanol–water partition coefficient (Wildman–Crippen LogP) is 4.04. The second kappa shape index (κ2) is 8.51. The molecule has 28 heavy (non-hydrogen) atoms. The molecule has 3 aromatic rings. The van der Waals surface area contributed by atoms with Gasteiger partial charge in [0.25, 0.3) is 0 Å². The predicted molar refractivity (Wildman–Crippen MR) is 97.3 cm³/mol. The van der Waals surface area contributed by atoms with E-state index >= 15 is 0 Å². The molecule has 2 aromatic heterocycles. The molecule has 0 fully saturated rings. The van der Waals surface area contributed by atoms with Crippen molar-refractivity contribution in [3.63, 3.8) is 0 Å². The topological polar surface area (TPSA) is 84.8 Å². The summed E-state index contributed by atoms with van der Waals surface area (Å²) in [4.78, 5) is 16.4. The van der Waals surface area contributed by atoms with E-state index in [4.69, 9.17) is 4.74 Å². The number of hydrogen-bond acceptors (Lipinski definition) is 7. The molecule has 0 aliphatic rings. The van der Waals surface area contributed by atoms with Gasteiger partial charge < -0.3 is 15.4 Å². The number of nitrogens with zero attached hydrogens (tertiary/aromatic N) is 4. The van der Waals surface area contributed by atoms with E-state index in [-0.39, 0.29) is 23.6 Å². The lowest BCUT2D eigenvalue weighted by molar-refractivity contribution is -0.137. The third-order valence-corrected chi connectivity index (χ3v) is 3.53. The molecule has 10 heteroatoms. The van der Waals surface area contributed by atoms with E-state index in [0.717, 1.165) is 17.7 Å². The Morgan fingerprint density at radius 1 is 1.00 bits per heavy atom. The van der Waals surface area contributed by atoms with Gasteiger partial charge in [0.15, 0.2) is 0 Å². The summed E-state index contributed by atoms with van der Waals surface area (Å²) >= 11 is 0. The van der Waals surface area contributed by atoms with Gasteiger partial charge in [-0.2, -0.15) is 28.1 Å². The molecule has 7 nitrogen and oxygen atoms in total. The highest BCUT2D eigenvalue weighted by molar-refractivity contribution is 5.55. The molecule has 146 valence electrons. The molecule has 0 unspecified atom stereocenters. The van der Waals surface area contributed by atoms with Crippen molar-refractivity contribution in [3.05, 3.63) is 59.9 Å². The van der Waals surface area contributed by atoms with Crippen LogP contribution in [-0.4, -0.2) is 26.5 Å². The van der Waals surface area contributed by atoms with E-state index in [1.165, 1.54) is 12.1 Å². The lowest BCUT2D eigenvalue weighted by Gasteiger charge is -2.12. The summed E-state index contributed by atoms with van der Waals surface area (Å²) in [6, 6.07) is 8.49. The SMILES string of the molecule is CCOc1nc(NCc2ccncc2)nc(Nc2cccc(C(F)(F)F)c2)n1. The minimum atomic E-state index is -4.44. The Morgan fingerprint density at radius 3 is 2.46 bits per heavy atom. The van der Waals surface area contributed by atoms with Crippen LogP contribution in [0.15, 0.2) is 48.8 Å². The fourth-order valence-electron chi connectivity index (χ4n) is 2.27. The Bertz CT molecular complexity index is 921. The molecular formula is C18H17F3N6O. The highest BCUT2D eigenvalue weighted by Gasteiger charge is 2.30. The summed E-state index contributed by atoms with van der Waals surface area (Å²) in [5.41, 5.74) is 0.386. The minimum absolute atomic E-state index is 0.0594. The van der Waals surface area contributed by atoms with Gasteiger partial charge >= 0.3 is 12.2 Å². The number of alkyl halides is 3. The first-order chi connectivity index (χ1) is 13.4. The van der Waals surface area contributed by atoms with Gasteiger partial charge in [-0.3, -0.25) is 4.98 Å². The second-order valence-electron chi connectivity index (χ2n) is 5.61. The van der Waals surface area contributed by atoms with Crippen LogP contribution in [0.2, 0.25) is 0 Å². The van der Waals surface area contributed by atoms with Crippen molar-refractivity contribution in [1.82, 2.24) is 19.9 Å². The summed E-state index contributed by atoms with van der Waals surface area (Å²) in [6.07, 6.45) is -1.11. The van der Waals surface area contributed by atoms with Crippen LogP contribution in [0.25, 0.3) is 0 Å².